The van der Waals surface area contributed by atoms with Gasteiger partial charge in [-0.25, -0.2) is 4.68 Å². The number of rotatable bonds is 8. The molecule has 0 aliphatic heterocycles. The average molecular weight is 360 g/mol. The van der Waals surface area contributed by atoms with Gasteiger partial charge in [0, 0.05) is 6.04 Å². The first-order valence-corrected chi connectivity index (χ1v) is 8.56. The SMILES string of the molecule is CCc1c(C(=O)NC(C)CC(=O)O)nnn1-c1ccc(OC(C)C)cc1. The van der Waals surface area contributed by atoms with Crippen LogP contribution < -0.4 is 10.1 Å². The van der Waals surface area contributed by atoms with Crippen molar-refractivity contribution in [2.75, 3.05) is 0 Å². The monoisotopic (exact) mass is 360 g/mol. The standard InChI is InChI=1S/C18H24N4O4/c1-5-15-17(18(25)19-12(4)10-16(23)24)20-21-22(15)13-6-8-14(9-7-13)26-11(2)3/h6-9,11-12H,5,10H2,1-4H3,(H,19,25)(H,23,24). The maximum Gasteiger partial charge on any atom is 0.305 e. The molecule has 8 heteroatoms. The topological polar surface area (TPSA) is 106 Å². The summed E-state index contributed by atoms with van der Waals surface area (Å²) in [4.78, 5) is 23.1. The fraction of sp³-hybridized carbons (Fsp3) is 0.444. The van der Waals surface area contributed by atoms with Gasteiger partial charge < -0.3 is 15.2 Å². The summed E-state index contributed by atoms with van der Waals surface area (Å²) in [6, 6.07) is 6.87. The molecule has 2 N–H and O–H groups in total. The highest BCUT2D eigenvalue weighted by atomic mass is 16.5. The van der Waals surface area contributed by atoms with Crippen molar-refractivity contribution in [1.29, 1.82) is 0 Å². The van der Waals surface area contributed by atoms with Gasteiger partial charge in [-0.15, -0.1) is 5.10 Å². The lowest BCUT2D eigenvalue weighted by atomic mass is 10.2. The van der Waals surface area contributed by atoms with Crippen molar-refractivity contribution >= 4 is 11.9 Å². The number of nitrogens with one attached hydrogen (secondary N) is 1. The predicted molar refractivity (Wildman–Crippen MR) is 95.7 cm³/mol. The van der Waals surface area contributed by atoms with Crippen molar-refractivity contribution in [2.24, 2.45) is 0 Å². The molecule has 0 aliphatic carbocycles. The van der Waals surface area contributed by atoms with Crippen molar-refractivity contribution < 1.29 is 19.4 Å². The molecule has 2 rings (SSSR count). The van der Waals surface area contributed by atoms with E-state index in [1.807, 2.05) is 45.0 Å². The molecular weight excluding hydrogens is 336 g/mol. The Kier molecular flexibility index (Phi) is 6.32. The molecule has 1 atom stereocenters. The largest absolute Gasteiger partial charge is 0.491 e. The van der Waals surface area contributed by atoms with Crippen molar-refractivity contribution in [3.8, 4) is 11.4 Å². The predicted octanol–water partition coefficient (Wildman–Crippen LogP) is 2.21. The molecule has 0 saturated carbocycles. The maximum atomic E-state index is 12.4. The number of aliphatic carboxylic acids is 1. The maximum absolute atomic E-state index is 12.4. The first-order valence-electron chi connectivity index (χ1n) is 8.56. The van der Waals surface area contributed by atoms with Crippen LogP contribution in [0.1, 0.15) is 50.3 Å². The fourth-order valence-electron chi connectivity index (χ4n) is 2.55. The van der Waals surface area contributed by atoms with E-state index in [0.717, 1.165) is 11.4 Å². The summed E-state index contributed by atoms with van der Waals surface area (Å²) in [5.41, 5.74) is 1.62. The summed E-state index contributed by atoms with van der Waals surface area (Å²) in [6.45, 7) is 7.45. The van der Waals surface area contributed by atoms with Gasteiger partial charge in [0.25, 0.3) is 5.91 Å². The first kappa shape index (κ1) is 19.4. The quantitative estimate of drug-likeness (QED) is 0.747. The number of ether oxygens (including phenoxy) is 1. The van der Waals surface area contributed by atoms with Crippen LogP contribution in [0, 0.1) is 0 Å². The van der Waals surface area contributed by atoms with Crippen LogP contribution in [-0.2, 0) is 11.2 Å². The normalized spacial score (nSPS) is 12.0. The summed E-state index contributed by atoms with van der Waals surface area (Å²) < 4.78 is 7.23. The van der Waals surface area contributed by atoms with Gasteiger partial charge in [-0.2, -0.15) is 0 Å². The molecule has 8 nitrogen and oxygen atoms in total. The van der Waals surface area contributed by atoms with Crippen LogP contribution in [0.4, 0.5) is 0 Å². The smallest absolute Gasteiger partial charge is 0.305 e. The summed E-state index contributed by atoms with van der Waals surface area (Å²) in [7, 11) is 0. The van der Waals surface area contributed by atoms with Gasteiger partial charge in [-0.05, 0) is 51.5 Å². The van der Waals surface area contributed by atoms with Crippen LogP contribution >= 0.6 is 0 Å². The summed E-state index contributed by atoms with van der Waals surface area (Å²) in [5.74, 6) is -0.648. The van der Waals surface area contributed by atoms with E-state index in [9.17, 15) is 9.59 Å². The molecule has 0 aliphatic rings. The lowest BCUT2D eigenvalue weighted by molar-refractivity contribution is -0.137. The number of carbonyl (C=O) groups is 2. The molecule has 1 unspecified atom stereocenters. The Labute approximate surface area is 152 Å². The number of aromatic nitrogens is 3. The Bertz CT molecular complexity index is 768. The Morgan fingerprint density at radius 3 is 2.42 bits per heavy atom. The Morgan fingerprint density at radius 1 is 1.23 bits per heavy atom. The van der Waals surface area contributed by atoms with E-state index in [4.69, 9.17) is 9.84 Å². The molecule has 2 aromatic rings. The highest BCUT2D eigenvalue weighted by Gasteiger charge is 2.21. The Morgan fingerprint density at radius 2 is 1.88 bits per heavy atom. The van der Waals surface area contributed by atoms with Gasteiger partial charge in [0.05, 0.1) is 23.9 Å². The number of nitrogens with zero attached hydrogens (tertiary/aromatic N) is 3. The van der Waals surface area contributed by atoms with Crippen molar-refractivity contribution in [1.82, 2.24) is 20.3 Å². The third-order valence-corrected chi connectivity index (χ3v) is 3.62. The lowest BCUT2D eigenvalue weighted by Crippen LogP contribution is -2.35. The zero-order valence-electron chi connectivity index (χ0n) is 15.4. The van der Waals surface area contributed by atoms with Crippen LogP contribution in [0.25, 0.3) is 5.69 Å². The molecular formula is C18H24N4O4. The van der Waals surface area contributed by atoms with Crippen molar-refractivity contribution in [3.05, 3.63) is 35.7 Å². The molecule has 1 heterocycles. The molecule has 1 aromatic heterocycles. The first-order chi connectivity index (χ1) is 12.3. The van der Waals surface area contributed by atoms with Gasteiger partial charge >= 0.3 is 5.97 Å². The summed E-state index contributed by atoms with van der Waals surface area (Å²) >= 11 is 0. The molecule has 140 valence electrons. The van der Waals surface area contributed by atoms with E-state index in [2.05, 4.69) is 15.6 Å². The van der Waals surface area contributed by atoms with Crippen LogP contribution in [-0.4, -0.2) is 44.1 Å². The fourth-order valence-corrected chi connectivity index (χ4v) is 2.55. The Hall–Kier alpha value is -2.90. The minimum absolute atomic E-state index is 0.0847. The number of carbonyl (C=O) groups excluding carboxylic acids is 1. The molecule has 1 amide bonds. The number of carboxylic acid groups (broad SMARTS) is 1. The number of carboxylic acids is 1. The molecule has 0 spiro atoms. The molecule has 1 aromatic carbocycles. The van der Waals surface area contributed by atoms with Crippen molar-refractivity contribution in [3.63, 3.8) is 0 Å². The third kappa shape index (κ3) is 4.81. The van der Waals surface area contributed by atoms with E-state index in [-0.39, 0.29) is 18.2 Å². The molecule has 0 radical (unpaired) electrons. The van der Waals surface area contributed by atoms with E-state index < -0.39 is 17.9 Å². The molecule has 0 saturated heterocycles. The second-order valence-corrected chi connectivity index (χ2v) is 6.28. The highest BCUT2D eigenvalue weighted by molar-refractivity contribution is 5.93. The summed E-state index contributed by atoms with van der Waals surface area (Å²) in [6.07, 6.45) is 0.480. The van der Waals surface area contributed by atoms with E-state index in [1.54, 1.807) is 11.6 Å². The van der Waals surface area contributed by atoms with Gasteiger partial charge in [0.2, 0.25) is 0 Å². The molecule has 0 bridgehead atoms. The molecule has 0 fully saturated rings. The summed E-state index contributed by atoms with van der Waals surface area (Å²) in [5, 5.41) is 19.5. The van der Waals surface area contributed by atoms with Crippen molar-refractivity contribution in [2.45, 2.75) is 52.7 Å². The van der Waals surface area contributed by atoms with Gasteiger partial charge in [-0.1, -0.05) is 12.1 Å². The van der Waals surface area contributed by atoms with E-state index in [1.165, 1.54) is 0 Å². The second-order valence-electron chi connectivity index (χ2n) is 6.28. The number of hydrogen-bond donors (Lipinski definition) is 2. The van der Waals surface area contributed by atoms with Crippen LogP contribution in [0.2, 0.25) is 0 Å². The minimum atomic E-state index is -0.971. The van der Waals surface area contributed by atoms with Crippen LogP contribution in [0.15, 0.2) is 24.3 Å². The van der Waals surface area contributed by atoms with Crippen LogP contribution in [0.5, 0.6) is 5.75 Å². The number of amides is 1. The minimum Gasteiger partial charge on any atom is -0.491 e. The zero-order valence-corrected chi connectivity index (χ0v) is 15.4. The second kappa shape index (κ2) is 8.46. The number of hydrogen-bond acceptors (Lipinski definition) is 5. The van der Waals surface area contributed by atoms with Crippen LogP contribution in [0.3, 0.4) is 0 Å². The van der Waals surface area contributed by atoms with Gasteiger partial charge in [0.15, 0.2) is 5.69 Å². The van der Waals surface area contributed by atoms with E-state index >= 15 is 0 Å². The van der Waals surface area contributed by atoms with E-state index in [0.29, 0.717) is 12.1 Å². The highest BCUT2D eigenvalue weighted by Crippen LogP contribution is 2.19. The lowest BCUT2D eigenvalue weighted by Gasteiger charge is -2.12. The third-order valence-electron chi connectivity index (χ3n) is 3.62. The molecule has 26 heavy (non-hydrogen) atoms. The van der Waals surface area contributed by atoms with Gasteiger partial charge in [0.1, 0.15) is 5.75 Å². The number of benzene rings is 1. The zero-order chi connectivity index (χ0) is 19.3. The average Bonchev–Trinajstić information content (AvgIpc) is 2.98. The van der Waals surface area contributed by atoms with Gasteiger partial charge in [-0.3, -0.25) is 9.59 Å². The Balaban J connectivity index is 2.21.